The van der Waals surface area contributed by atoms with Crippen LogP contribution in [0.4, 0.5) is 0 Å². The molecule has 6 fully saturated rings. The first kappa shape index (κ1) is 47.8. The minimum atomic E-state index is -1.54. The van der Waals surface area contributed by atoms with Gasteiger partial charge in [-0.25, -0.2) is 0 Å². The maximum Gasteiger partial charge on any atom is 0.334 e. The zero-order valence-corrected chi connectivity index (χ0v) is 40.2. The Morgan fingerprint density at radius 2 is 0.483 bits per heavy atom. The summed E-state index contributed by atoms with van der Waals surface area (Å²) in [7, 11) is -1.54. The Morgan fingerprint density at radius 3 is 0.655 bits per heavy atom. The van der Waals surface area contributed by atoms with Gasteiger partial charge >= 0.3 is 8.60 Å². The van der Waals surface area contributed by atoms with Gasteiger partial charge < -0.3 is 13.6 Å². The molecule has 0 aliphatic heterocycles. The molecule has 6 rings (SSSR count). The van der Waals surface area contributed by atoms with Gasteiger partial charge in [0, 0.05) is 0 Å². The van der Waals surface area contributed by atoms with Crippen LogP contribution in [0.5, 0.6) is 0 Å². The van der Waals surface area contributed by atoms with Gasteiger partial charge in [-0.1, -0.05) is 194 Å². The van der Waals surface area contributed by atoms with Gasteiger partial charge in [-0.3, -0.25) is 0 Å². The molecule has 3 nitrogen and oxygen atoms in total. The van der Waals surface area contributed by atoms with Gasteiger partial charge in [-0.15, -0.1) is 0 Å². The van der Waals surface area contributed by atoms with Gasteiger partial charge in [-0.05, 0) is 132 Å². The average molecular weight is 827 g/mol. The van der Waals surface area contributed by atoms with Crippen molar-refractivity contribution in [3.63, 3.8) is 0 Å². The summed E-state index contributed by atoms with van der Waals surface area (Å²) >= 11 is 0. The van der Waals surface area contributed by atoms with Crippen molar-refractivity contribution >= 4 is 8.60 Å². The van der Waals surface area contributed by atoms with Crippen LogP contribution in [0.15, 0.2) is 0 Å². The minimum absolute atomic E-state index is 0.0930. The highest BCUT2D eigenvalue weighted by atomic mass is 31.2. The second kappa shape index (κ2) is 25.6. The standard InChI is InChI=1S/C54H99O3P/c1-4-7-28-43-52(46-31-16-10-17-32-46,47-33-18-11-19-34-47)55-58(56-53(44-29-8-5-2,48-35-20-12-21-36-48)49-37-22-13-23-38-49)57-54(45-30-9-6-3,50-39-24-14-25-40-50)51-41-26-15-27-42-51/h46-51H,4-45H2,1-3H3. The lowest BCUT2D eigenvalue weighted by atomic mass is 9.64. The SMILES string of the molecule is CCCCCC(OP(OC(CCCCC)(C1CCCCC1)C1CCCCC1)OC(CCCCC)(C1CCCCC1)C1CCCCC1)(C1CCCCC1)C1CCCCC1. The molecule has 0 aromatic rings. The lowest BCUT2D eigenvalue weighted by Crippen LogP contribution is -2.53. The fourth-order valence-electron chi connectivity index (χ4n) is 14.8. The summed E-state index contributed by atoms with van der Waals surface area (Å²) in [6, 6.07) is 0. The lowest BCUT2D eigenvalue weighted by Gasteiger charge is -2.56. The van der Waals surface area contributed by atoms with Crippen LogP contribution in [0, 0.1) is 35.5 Å². The summed E-state index contributed by atoms with van der Waals surface area (Å²) in [5, 5.41) is 0. The van der Waals surface area contributed by atoms with E-state index in [2.05, 4.69) is 20.8 Å². The molecule has 0 saturated heterocycles. The molecular weight excluding hydrogens is 728 g/mol. The maximum absolute atomic E-state index is 8.57. The summed E-state index contributed by atoms with van der Waals surface area (Å²) in [6.45, 7) is 7.25. The predicted molar refractivity (Wildman–Crippen MR) is 250 cm³/mol. The molecule has 6 aliphatic rings. The third-order valence-electron chi connectivity index (χ3n) is 18.0. The first-order chi connectivity index (χ1) is 28.6. The number of hydrogen-bond donors (Lipinski definition) is 0. The molecule has 0 heterocycles. The lowest BCUT2D eigenvalue weighted by molar-refractivity contribution is -0.154. The van der Waals surface area contributed by atoms with Crippen molar-refractivity contribution in [2.24, 2.45) is 35.5 Å². The summed E-state index contributed by atoms with van der Waals surface area (Å²) in [5.74, 6) is 3.98. The molecule has 0 N–H and O–H groups in total. The largest absolute Gasteiger partial charge is 0.334 e. The first-order valence-electron chi connectivity index (χ1n) is 27.5. The Balaban J connectivity index is 1.51. The van der Waals surface area contributed by atoms with E-state index in [0.717, 1.165) is 0 Å². The molecule has 6 saturated carbocycles. The Bertz CT molecular complexity index is 869. The molecule has 0 atom stereocenters. The van der Waals surface area contributed by atoms with E-state index in [1.165, 1.54) is 270 Å². The first-order valence-corrected chi connectivity index (χ1v) is 28.6. The zero-order valence-electron chi connectivity index (χ0n) is 39.3. The number of unbranched alkanes of at least 4 members (excludes halogenated alkanes) is 6. The summed E-state index contributed by atoms with van der Waals surface area (Å²) in [6.07, 6.45) is 57.2. The second-order valence-corrected chi connectivity index (χ2v) is 22.7. The molecule has 0 spiro atoms. The van der Waals surface area contributed by atoms with Gasteiger partial charge in [0.1, 0.15) is 0 Å². The Kier molecular flexibility index (Phi) is 21.1. The summed E-state index contributed by atoms with van der Waals surface area (Å²) < 4.78 is 25.7. The van der Waals surface area contributed by atoms with Crippen LogP contribution in [-0.4, -0.2) is 16.8 Å². The number of hydrogen-bond acceptors (Lipinski definition) is 3. The van der Waals surface area contributed by atoms with Crippen LogP contribution in [0.3, 0.4) is 0 Å². The molecule has 6 aliphatic carbocycles. The van der Waals surface area contributed by atoms with Crippen LogP contribution >= 0.6 is 8.60 Å². The summed E-state index contributed by atoms with van der Waals surface area (Å²) in [5.41, 5.74) is -0.279. The Morgan fingerprint density at radius 1 is 0.293 bits per heavy atom. The van der Waals surface area contributed by atoms with Gasteiger partial charge in [0.15, 0.2) is 0 Å². The minimum Gasteiger partial charge on any atom is -0.305 e. The molecule has 58 heavy (non-hydrogen) atoms. The van der Waals surface area contributed by atoms with Crippen LogP contribution in [0.25, 0.3) is 0 Å². The van der Waals surface area contributed by atoms with E-state index in [0.29, 0.717) is 35.5 Å². The van der Waals surface area contributed by atoms with Gasteiger partial charge in [-0.2, -0.15) is 0 Å². The molecule has 0 radical (unpaired) electrons. The monoisotopic (exact) mass is 827 g/mol. The van der Waals surface area contributed by atoms with Crippen molar-refractivity contribution in [3.05, 3.63) is 0 Å². The van der Waals surface area contributed by atoms with Gasteiger partial charge in [0.25, 0.3) is 0 Å². The van der Waals surface area contributed by atoms with Crippen LogP contribution < -0.4 is 0 Å². The average Bonchev–Trinajstić information content (AvgIpc) is 3.30. The molecule has 0 amide bonds. The third kappa shape index (κ3) is 12.5. The zero-order chi connectivity index (χ0) is 40.4. The molecule has 0 bridgehead atoms. The summed E-state index contributed by atoms with van der Waals surface area (Å²) in [4.78, 5) is 0. The van der Waals surface area contributed by atoms with Crippen LogP contribution in [0.2, 0.25) is 0 Å². The fraction of sp³-hybridized carbons (Fsp3) is 1.00. The highest BCUT2D eigenvalue weighted by molar-refractivity contribution is 7.41. The van der Waals surface area contributed by atoms with Crippen molar-refractivity contribution in [3.8, 4) is 0 Å². The van der Waals surface area contributed by atoms with E-state index in [-0.39, 0.29) is 16.8 Å². The van der Waals surface area contributed by atoms with Crippen LogP contribution in [-0.2, 0) is 13.6 Å². The van der Waals surface area contributed by atoms with Crippen LogP contribution in [0.1, 0.15) is 290 Å². The molecule has 0 unspecified atom stereocenters. The maximum atomic E-state index is 8.57. The quantitative estimate of drug-likeness (QED) is 0.0717. The normalized spacial score (nSPS) is 24.2. The predicted octanol–water partition coefficient (Wildman–Crippen LogP) is 18.7. The van der Waals surface area contributed by atoms with Crippen molar-refractivity contribution in [2.45, 2.75) is 307 Å². The van der Waals surface area contributed by atoms with E-state index < -0.39 is 8.60 Å². The van der Waals surface area contributed by atoms with E-state index in [9.17, 15) is 0 Å². The fourth-order valence-corrected chi connectivity index (χ4v) is 16.9. The molecule has 0 aromatic heterocycles. The van der Waals surface area contributed by atoms with E-state index in [1.54, 1.807) is 0 Å². The van der Waals surface area contributed by atoms with Crippen molar-refractivity contribution in [1.29, 1.82) is 0 Å². The number of rotatable bonds is 24. The topological polar surface area (TPSA) is 27.7 Å². The third-order valence-corrected chi connectivity index (χ3v) is 19.5. The van der Waals surface area contributed by atoms with E-state index in [4.69, 9.17) is 13.6 Å². The molecule has 338 valence electrons. The highest BCUT2D eigenvalue weighted by Crippen LogP contribution is 2.65. The highest BCUT2D eigenvalue weighted by Gasteiger charge is 2.56. The van der Waals surface area contributed by atoms with Gasteiger partial charge in [0.05, 0.1) is 16.8 Å². The Labute approximate surface area is 363 Å². The van der Waals surface area contributed by atoms with Crippen molar-refractivity contribution < 1.29 is 13.6 Å². The second-order valence-electron chi connectivity index (χ2n) is 21.7. The smallest absolute Gasteiger partial charge is 0.305 e. The molecular formula is C54H99O3P. The van der Waals surface area contributed by atoms with E-state index >= 15 is 0 Å². The van der Waals surface area contributed by atoms with E-state index in [1.807, 2.05) is 0 Å². The van der Waals surface area contributed by atoms with Gasteiger partial charge in [0.2, 0.25) is 0 Å². The molecule has 0 aromatic carbocycles. The molecule has 4 heteroatoms. The van der Waals surface area contributed by atoms with Crippen molar-refractivity contribution in [2.75, 3.05) is 0 Å². The van der Waals surface area contributed by atoms with Crippen molar-refractivity contribution in [1.82, 2.24) is 0 Å². The Hall–Kier alpha value is 0.310.